The largest absolute Gasteiger partial charge is 0.455 e. The van der Waals surface area contributed by atoms with Crippen LogP contribution in [0.4, 0.5) is 0 Å². The van der Waals surface area contributed by atoms with Crippen molar-refractivity contribution in [3.05, 3.63) is 11.8 Å². The molecule has 1 rings (SSSR count). The maximum Gasteiger partial charge on any atom is 0.356 e. The van der Waals surface area contributed by atoms with Crippen molar-refractivity contribution < 1.29 is 14.4 Å². The second kappa shape index (κ2) is 4.46. The molecule has 0 aromatic carbocycles. The van der Waals surface area contributed by atoms with Gasteiger partial charge in [0, 0.05) is 0 Å². The third-order valence-electron chi connectivity index (χ3n) is 1.60. The van der Waals surface area contributed by atoms with Gasteiger partial charge in [0.1, 0.15) is 11.3 Å². The number of carbonyl (C=O) groups is 1. The van der Waals surface area contributed by atoms with E-state index in [-0.39, 0.29) is 5.97 Å². The lowest BCUT2D eigenvalue weighted by atomic mass is 10.2. The molecule has 0 radical (unpaired) electrons. The fourth-order valence-electron chi connectivity index (χ4n) is 1.03. The summed E-state index contributed by atoms with van der Waals surface area (Å²) in [6, 6.07) is 0. The summed E-state index contributed by atoms with van der Waals surface area (Å²) < 4.78 is 5.18. The molecule has 0 saturated heterocycles. The number of hydroxylamine groups is 1. The third-order valence-corrected chi connectivity index (χ3v) is 1.60. The van der Waals surface area contributed by atoms with Gasteiger partial charge in [0.15, 0.2) is 0 Å². The Kier molecular flexibility index (Phi) is 3.52. The average Bonchev–Trinajstić information content (AvgIpc) is 2.27. The molecule has 0 amide bonds. The van der Waals surface area contributed by atoms with Crippen LogP contribution < -0.4 is 5.48 Å². The number of carbonyl (C=O) groups excluding carboxylic acids is 1. The second-order valence-corrected chi connectivity index (χ2v) is 4.21. The Morgan fingerprint density at radius 1 is 1.57 bits per heavy atom. The Bertz CT molecular complexity index is 240. The quantitative estimate of drug-likeness (QED) is 0.650. The predicted octanol–water partition coefficient (Wildman–Crippen LogP) is 1.53. The van der Waals surface area contributed by atoms with Gasteiger partial charge in [-0.15, -0.1) is 0 Å². The van der Waals surface area contributed by atoms with E-state index in [2.05, 4.69) is 5.48 Å². The highest BCUT2D eigenvalue weighted by Crippen LogP contribution is 2.11. The number of esters is 1. The van der Waals surface area contributed by atoms with E-state index in [4.69, 9.17) is 9.57 Å². The standard InChI is InChI=1S/C10H17NO3/c1-10(2,3)14-9(12)8-6-4-5-7-13-11-8/h6,11H,4-5,7H2,1-3H3. The monoisotopic (exact) mass is 199 g/mol. The van der Waals surface area contributed by atoms with E-state index in [1.807, 2.05) is 20.8 Å². The molecule has 1 heterocycles. The van der Waals surface area contributed by atoms with Gasteiger partial charge >= 0.3 is 5.97 Å². The SMILES string of the molecule is CC(C)(C)OC(=O)C1=CCCCON1. The van der Waals surface area contributed by atoms with Gasteiger partial charge in [-0.1, -0.05) is 6.08 Å². The van der Waals surface area contributed by atoms with Crippen LogP contribution in [0.2, 0.25) is 0 Å². The Morgan fingerprint density at radius 2 is 2.29 bits per heavy atom. The van der Waals surface area contributed by atoms with Crippen LogP contribution in [0.3, 0.4) is 0 Å². The molecule has 14 heavy (non-hydrogen) atoms. The highest BCUT2D eigenvalue weighted by atomic mass is 16.6. The Morgan fingerprint density at radius 3 is 2.93 bits per heavy atom. The zero-order valence-electron chi connectivity index (χ0n) is 8.92. The number of nitrogens with one attached hydrogen (secondary N) is 1. The molecule has 0 spiro atoms. The maximum absolute atomic E-state index is 11.5. The molecule has 0 aliphatic carbocycles. The van der Waals surface area contributed by atoms with E-state index in [1.54, 1.807) is 6.08 Å². The van der Waals surface area contributed by atoms with E-state index >= 15 is 0 Å². The molecule has 80 valence electrons. The van der Waals surface area contributed by atoms with Gasteiger partial charge in [-0.3, -0.25) is 10.3 Å². The fourth-order valence-corrected chi connectivity index (χ4v) is 1.03. The summed E-state index contributed by atoms with van der Waals surface area (Å²) >= 11 is 0. The van der Waals surface area contributed by atoms with Crippen LogP contribution in [0.5, 0.6) is 0 Å². The zero-order valence-corrected chi connectivity index (χ0v) is 8.92. The third kappa shape index (κ3) is 3.79. The van der Waals surface area contributed by atoms with Gasteiger partial charge in [-0.2, -0.15) is 0 Å². The Labute approximate surface area is 84.2 Å². The molecule has 0 bridgehead atoms. The topological polar surface area (TPSA) is 47.6 Å². The van der Waals surface area contributed by atoms with Crippen molar-refractivity contribution >= 4 is 5.97 Å². The van der Waals surface area contributed by atoms with Crippen molar-refractivity contribution in [3.63, 3.8) is 0 Å². The molecule has 0 aromatic heterocycles. The first-order valence-electron chi connectivity index (χ1n) is 4.80. The number of rotatable bonds is 1. The molecule has 1 aliphatic rings. The van der Waals surface area contributed by atoms with E-state index in [9.17, 15) is 4.79 Å². The van der Waals surface area contributed by atoms with Crippen molar-refractivity contribution in [2.24, 2.45) is 0 Å². The van der Waals surface area contributed by atoms with Crippen LogP contribution >= 0.6 is 0 Å². The lowest BCUT2D eigenvalue weighted by molar-refractivity contribution is -0.151. The van der Waals surface area contributed by atoms with Crippen molar-refractivity contribution in [2.75, 3.05) is 6.61 Å². The van der Waals surface area contributed by atoms with Gasteiger partial charge in [0.25, 0.3) is 0 Å². The van der Waals surface area contributed by atoms with E-state index < -0.39 is 5.60 Å². The fraction of sp³-hybridized carbons (Fsp3) is 0.700. The summed E-state index contributed by atoms with van der Waals surface area (Å²) in [4.78, 5) is 16.6. The predicted molar refractivity (Wildman–Crippen MR) is 52.2 cm³/mol. The lowest BCUT2D eigenvalue weighted by Gasteiger charge is -2.20. The molecule has 4 nitrogen and oxygen atoms in total. The van der Waals surface area contributed by atoms with E-state index in [1.165, 1.54) is 0 Å². The number of hydrogen-bond donors (Lipinski definition) is 1. The second-order valence-electron chi connectivity index (χ2n) is 4.21. The minimum Gasteiger partial charge on any atom is -0.455 e. The van der Waals surface area contributed by atoms with Gasteiger partial charge < -0.3 is 4.74 Å². The minimum absolute atomic E-state index is 0.362. The molecular weight excluding hydrogens is 182 g/mol. The molecule has 1 N–H and O–H groups in total. The number of ether oxygens (including phenoxy) is 1. The number of allylic oxidation sites excluding steroid dienone is 1. The van der Waals surface area contributed by atoms with Crippen molar-refractivity contribution in [1.29, 1.82) is 0 Å². The van der Waals surface area contributed by atoms with Gasteiger partial charge in [0.05, 0.1) is 6.61 Å². The Balaban J connectivity index is 2.54. The van der Waals surface area contributed by atoms with Crippen LogP contribution in [0.25, 0.3) is 0 Å². The summed E-state index contributed by atoms with van der Waals surface area (Å²) in [6.45, 7) is 6.12. The normalized spacial score (nSPS) is 17.8. The Hall–Kier alpha value is -1.03. The molecule has 0 aromatic rings. The van der Waals surface area contributed by atoms with Gasteiger partial charge in [-0.05, 0) is 33.6 Å². The molecule has 0 fully saturated rings. The van der Waals surface area contributed by atoms with Crippen molar-refractivity contribution in [2.45, 2.75) is 39.2 Å². The summed E-state index contributed by atoms with van der Waals surface area (Å²) in [5, 5.41) is 0. The first-order chi connectivity index (χ1) is 6.49. The molecule has 0 unspecified atom stereocenters. The summed E-state index contributed by atoms with van der Waals surface area (Å²) in [5.41, 5.74) is 2.52. The minimum atomic E-state index is -0.466. The zero-order chi connectivity index (χ0) is 10.6. The molecule has 4 heteroatoms. The highest BCUT2D eigenvalue weighted by molar-refractivity contribution is 5.87. The van der Waals surface area contributed by atoms with E-state index in [0.717, 1.165) is 12.8 Å². The van der Waals surface area contributed by atoms with Crippen LogP contribution in [-0.4, -0.2) is 18.2 Å². The number of hydrogen-bond acceptors (Lipinski definition) is 4. The first kappa shape index (κ1) is 11.0. The van der Waals surface area contributed by atoms with Crippen LogP contribution in [0, 0.1) is 0 Å². The molecule has 0 atom stereocenters. The summed E-state index contributed by atoms with van der Waals surface area (Å²) in [5.74, 6) is -0.362. The first-order valence-corrected chi connectivity index (χ1v) is 4.80. The van der Waals surface area contributed by atoms with Crippen molar-refractivity contribution in [3.8, 4) is 0 Å². The van der Waals surface area contributed by atoms with Crippen LogP contribution in [-0.2, 0) is 14.4 Å². The molecule has 1 aliphatic heterocycles. The highest BCUT2D eigenvalue weighted by Gasteiger charge is 2.20. The van der Waals surface area contributed by atoms with Crippen LogP contribution in [0.15, 0.2) is 11.8 Å². The molecular formula is C10H17NO3. The van der Waals surface area contributed by atoms with Crippen molar-refractivity contribution in [1.82, 2.24) is 5.48 Å². The smallest absolute Gasteiger partial charge is 0.356 e. The van der Waals surface area contributed by atoms with Gasteiger partial charge in [-0.25, -0.2) is 4.79 Å². The summed E-state index contributed by atoms with van der Waals surface area (Å²) in [6.07, 6.45) is 3.56. The van der Waals surface area contributed by atoms with Crippen LogP contribution in [0.1, 0.15) is 33.6 Å². The summed E-state index contributed by atoms with van der Waals surface area (Å²) in [7, 11) is 0. The molecule has 0 saturated carbocycles. The van der Waals surface area contributed by atoms with E-state index in [0.29, 0.717) is 12.3 Å². The lowest BCUT2D eigenvalue weighted by Crippen LogP contribution is -2.29. The average molecular weight is 199 g/mol. The maximum atomic E-state index is 11.5. The van der Waals surface area contributed by atoms with Gasteiger partial charge in [0.2, 0.25) is 0 Å².